The summed E-state index contributed by atoms with van der Waals surface area (Å²) in [5.74, 6) is -0.356. The number of anilines is 1. The molecule has 13 heteroatoms. The van der Waals surface area contributed by atoms with Crippen LogP contribution in [0, 0.1) is 24.2 Å². The number of nitriles is 1. The fourth-order valence-electron chi connectivity index (χ4n) is 5.03. The average molecular weight is 503 g/mol. The Balaban J connectivity index is 1.44. The summed E-state index contributed by atoms with van der Waals surface area (Å²) in [6.07, 6.45) is -0.0316. The van der Waals surface area contributed by atoms with Crippen molar-refractivity contribution in [2.75, 3.05) is 24.5 Å². The van der Waals surface area contributed by atoms with Crippen molar-refractivity contribution in [3.63, 3.8) is 0 Å². The van der Waals surface area contributed by atoms with Gasteiger partial charge in [-0.3, -0.25) is 9.48 Å². The van der Waals surface area contributed by atoms with E-state index in [9.17, 15) is 28.3 Å². The minimum absolute atomic E-state index is 0.112. The molecule has 0 radical (unpaired) electrons. The zero-order valence-electron chi connectivity index (χ0n) is 19.6. The van der Waals surface area contributed by atoms with E-state index in [0.717, 1.165) is 18.4 Å². The fourth-order valence-corrected chi connectivity index (χ4v) is 5.03. The highest BCUT2D eigenvalue weighted by atomic mass is 19.4. The standard InChI is InChI=1S/C23H25F3N8O2/c1-14-10-33-20(29-21(14)31-11-15(9-27)19(35)12-31)8-16(30-33)17-4-2-3-7-32(17)22(36)18-5-6-28-34(18)13-23(24,25)26/h5-6,8,10,15,17,19,35H,2-4,7,11-13H2,1H3/t15-,17+,19+/m1/s1. The second-order valence-electron chi connectivity index (χ2n) is 9.33. The molecule has 2 aliphatic rings. The lowest BCUT2D eigenvalue weighted by Gasteiger charge is -2.34. The van der Waals surface area contributed by atoms with Crippen molar-refractivity contribution in [3.8, 4) is 6.07 Å². The highest BCUT2D eigenvalue weighted by Crippen LogP contribution is 2.33. The van der Waals surface area contributed by atoms with Crippen LogP contribution in [0.5, 0.6) is 0 Å². The molecule has 36 heavy (non-hydrogen) atoms. The van der Waals surface area contributed by atoms with Gasteiger partial charge < -0.3 is 14.9 Å². The Bertz CT molecular complexity index is 1330. The lowest BCUT2D eigenvalue weighted by atomic mass is 9.99. The maximum absolute atomic E-state index is 13.3. The van der Waals surface area contributed by atoms with Gasteiger partial charge in [-0.15, -0.1) is 0 Å². The number of alkyl halides is 3. The maximum atomic E-state index is 13.3. The molecule has 190 valence electrons. The van der Waals surface area contributed by atoms with Crippen molar-refractivity contribution in [3.05, 3.63) is 41.5 Å². The summed E-state index contributed by atoms with van der Waals surface area (Å²) in [5.41, 5.74) is 1.85. The van der Waals surface area contributed by atoms with E-state index >= 15 is 0 Å². The second kappa shape index (κ2) is 9.09. The van der Waals surface area contributed by atoms with E-state index in [2.05, 4.69) is 16.3 Å². The quantitative estimate of drug-likeness (QED) is 0.583. The average Bonchev–Trinajstić information content (AvgIpc) is 3.55. The molecule has 1 N–H and O–H groups in total. The van der Waals surface area contributed by atoms with Crippen molar-refractivity contribution in [1.82, 2.24) is 29.3 Å². The minimum Gasteiger partial charge on any atom is -0.390 e. The number of aliphatic hydroxyl groups is 1. The van der Waals surface area contributed by atoms with Crippen LogP contribution < -0.4 is 4.90 Å². The number of aryl methyl sites for hydroxylation is 1. The number of carbonyl (C=O) groups excluding carboxylic acids is 1. The summed E-state index contributed by atoms with van der Waals surface area (Å²) in [5, 5.41) is 27.7. The van der Waals surface area contributed by atoms with Gasteiger partial charge in [0.1, 0.15) is 18.1 Å². The van der Waals surface area contributed by atoms with Crippen molar-refractivity contribution >= 4 is 17.4 Å². The molecular weight excluding hydrogens is 477 g/mol. The Labute approximate surface area is 204 Å². The van der Waals surface area contributed by atoms with Crippen LogP contribution in [0.4, 0.5) is 19.0 Å². The van der Waals surface area contributed by atoms with Crippen LogP contribution in [-0.2, 0) is 6.54 Å². The lowest BCUT2D eigenvalue weighted by Crippen LogP contribution is -2.40. The molecule has 0 saturated carbocycles. The van der Waals surface area contributed by atoms with E-state index in [1.54, 1.807) is 21.7 Å². The molecule has 3 atom stereocenters. The van der Waals surface area contributed by atoms with Crippen molar-refractivity contribution in [2.45, 2.75) is 51.1 Å². The number of aromatic nitrogens is 5. The number of likely N-dealkylation sites (tertiary alicyclic amines) is 1. The van der Waals surface area contributed by atoms with E-state index in [-0.39, 0.29) is 5.69 Å². The van der Waals surface area contributed by atoms with Gasteiger partial charge in [-0.2, -0.15) is 28.6 Å². The summed E-state index contributed by atoms with van der Waals surface area (Å²) in [4.78, 5) is 21.5. The summed E-state index contributed by atoms with van der Waals surface area (Å²) >= 11 is 0. The summed E-state index contributed by atoms with van der Waals surface area (Å²) in [7, 11) is 0. The molecule has 10 nitrogen and oxygen atoms in total. The number of rotatable bonds is 4. The molecule has 2 aliphatic heterocycles. The number of carbonyl (C=O) groups is 1. The van der Waals surface area contributed by atoms with Gasteiger partial charge in [0.2, 0.25) is 0 Å². The normalized spacial score (nSPS) is 22.8. The second-order valence-corrected chi connectivity index (χ2v) is 9.33. The first-order chi connectivity index (χ1) is 17.1. The Kier molecular flexibility index (Phi) is 6.07. The monoisotopic (exact) mass is 502 g/mol. The van der Waals surface area contributed by atoms with Gasteiger partial charge in [0.05, 0.1) is 29.8 Å². The molecule has 2 saturated heterocycles. The van der Waals surface area contributed by atoms with E-state index in [0.29, 0.717) is 47.9 Å². The van der Waals surface area contributed by atoms with E-state index in [4.69, 9.17) is 4.98 Å². The molecule has 3 aromatic rings. The van der Waals surface area contributed by atoms with Crippen LogP contribution in [0.1, 0.15) is 47.1 Å². The molecular formula is C23H25F3N8O2. The fraction of sp³-hybridized carbons (Fsp3) is 0.522. The number of piperidine rings is 1. The zero-order valence-corrected chi connectivity index (χ0v) is 19.6. The Morgan fingerprint density at radius 1 is 1.31 bits per heavy atom. The summed E-state index contributed by atoms with van der Waals surface area (Å²) in [6.45, 7) is 1.61. The van der Waals surface area contributed by atoms with Gasteiger partial charge in [-0.1, -0.05) is 0 Å². The number of halogens is 3. The van der Waals surface area contributed by atoms with Crippen LogP contribution in [0.25, 0.3) is 5.65 Å². The molecule has 0 aliphatic carbocycles. The summed E-state index contributed by atoms with van der Waals surface area (Å²) in [6, 6.07) is 4.79. The molecule has 3 aromatic heterocycles. The molecule has 0 bridgehead atoms. The number of hydrogen-bond donors (Lipinski definition) is 1. The molecule has 0 unspecified atom stereocenters. The smallest absolute Gasteiger partial charge is 0.390 e. The zero-order chi connectivity index (χ0) is 25.6. The first-order valence-electron chi connectivity index (χ1n) is 11.7. The minimum atomic E-state index is -4.50. The molecule has 5 rings (SSSR count). The van der Waals surface area contributed by atoms with E-state index in [1.807, 2.05) is 11.8 Å². The molecule has 2 fully saturated rings. The van der Waals surface area contributed by atoms with Crippen LogP contribution in [0.3, 0.4) is 0 Å². The topological polar surface area (TPSA) is 116 Å². The van der Waals surface area contributed by atoms with E-state index < -0.39 is 36.7 Å². The third-order valence-electron chi connectivity index (χ3n) is 6.75. The van der Waals surface area contributed by atoms with Gasteiger partial charge in [0.25, 0.3) is 5.91 Å². The molecule has 0 spiro atoms. The number of amides is 1. The third-order valence-corrected chi connectivity index (χ3v) is 6.75. The Morgan fingerprint density at radius 3 is 2.83 bits per heavy atom. The Hall–Kier alpha value is -3.66. The first kappa shape index (κ1) is 24.1. The largest absolute Gasteiger partial charge is 0.408 e. The van der Waals surface area contributed by atoms with Crippen molar-refractivity contribution < 1.29 is 23.1 Å². The highest BCUT2D eigenvalue weighted by Gasteiger charge is 2.36. The van der Waals surface area contributed by atoms with Crippen LogP contribution in [0.15, 0.2) is 24.5 Å². The SMILES string of the molecule is Cc1cn2nc([C@@H]3CCCCN3C(=O)c3ccnn3CC(F)(F)F)cc2nc1N1C[C@@H](C#N)[C@@H](O)C1. The van der Waals surface area contributed by atoms with Gasteiger partial charge in [0.15, 0.2) is 5.65 Å². The molecule has 1 amide bonds. The van der Waals surface area contributed by atoms with Gasteiger partial charge >= 0.3 is 6.18 Å². The van der Waals surface area contributed by atoms with Gasteiger partial charge in [-0.25, -0.2) is 9.50 Å². The molecule has 5 heterocycles. The highest BCUT2D eigenvalue weighted by molar-refractivity contribution is 5.93. The Morgan fingerprint density at radius 2 is 2.11 bits per heavy atom. The number of β-amino-alcohol motifs (C(OH)–C–C–N with tert-alkyl or cyclic N) is 1. The van der Waals surface area contributed by atoms with E-state index in [1.165, 1.54) is 12.3 Å². The number of aliphatic hydroxyl groups excluding tert-OH is 1. The van der Waals surface area contributed by atoms with Crippen LogP contribution in [0.2, 0.25) is 0 Å². The third kappa shape index (κ3) is 4.48. The summed E-state index contributed by atoms with van der Waals surface area (Å²) < 4.78 is 41.2. The van der Waals surface area contributed by atoms with Crippen LogP contribution >= 0.6 is 0 Å². The molecule has 0 aromatic carbocycles. The predicted octanol–water partition coefficient (Wildman–Crippen LogP) is 2.48. The van der Waals surface area contributed by atoms with Gasteiger partial charge in [0, 0.05) is 43.7 Å². The number of fused-ring (bicyclic) bond motifs is 1. The van der Waals surface area contributed by atoms with Crippen molar-refractivity contribution in [1.29, 1.82) is 5.26 Å². The van der Waals surface area contributed by atoms with Crippen LogP contribution in [-0.4, -0.2) is 72.2 Å². The van der Waals surface area contributed by atoms with Gasteiger partial charge in [-0.05, 0) is 32.3 Å². The predicted molar refractivity (Wildman–Crippen MR) is 121 cm³/mol. The lowest BCUT2D eigenvalue weighted by molar-refractivity contribution is -0.142. The van der Waals surface area contributed by atoms with Crippen molar-refractivity contribution in [2.24, 2.45) is 5.92 Å². The maximum Gasteiger partial charge on any atom is 0.408 e. The number of hydrogen-bond acceptors (Lipinski definition) is 7. The number of nitrogens with zero attached hydrogens (tertiary/aromatic N) is 8. The first-order valence-corrected chi connectivity index (χ1v) is 11.7.